The minimum atomic E-state index is -0.263. The van der Waals surface area contributed by atoms with Gasteiger partial charge in [0.15, 0.2) is 11.5 Å². The Hall–Kier alpha value is -3.88. The predicted octanol–water partition coefficient (Wildman–Crippen LogP) is 2.20. The van der Waals surface area contributed by atoms with E-state index in [-0.39, 0.29) is 19.2 Å². The summed E-state index contributed by atoms with van der Waals surface area (Å²) >= 11 is 0. The van der Waals surface area contributed by atoms with Crippen LogP contribution in [-0.2, 0) is 18.4 Å². The summed E-state index contributed by atoms with van der Waals surface area (Å²) in [6.07, 6.45) is 1.96. The third-order valence-electron chi connectivity index (χ3n) is 4.53. The van der Waals surface area contributed by atoms with Gasteiger partial charge in [0, 0.05) is 41.5 Å². The SMILES string of the molecule is Cn1cc(-c2nnn(CC(=O)Nc3ccc4c(c3)OCO4)n2)c2ccccc21. The molecule has 0 bridgehead atoms. The highest BCUT2D eigenvalue weighted by molar-refractivity contribution is 5.94. The molecule has 1 N–H and O–H groups in total. The van der Waals surface area contributed by atoms with Crippen LogP contribution in [0.5, 0.6) is 11.5 Å². The van der Waals surface area contributed by atoms with Crippen molar-refractivity contribution in [2.45, 2.75) is 6.54 Å². The number of anilines is 1. The molecule has 0 spiro atoms. The van der Waals surface area contributed by atoms with Crippen LogP contribution in [0.15, 0.2) is 48.7 Å². The molecule has 0 saturated heterocycles. The lowest BCUT2D eigenvalue weighted by Crippen LogP contribution is -2.20. The van der Waals surface area contributed by atoms with Gasteiger partial charge in [0.25, 0.3) is 0 Å². The van der Waals surface area contributed by atoms with E-state index in [4.69, 9.17) is 9.47 Å². The fourth-order valence-corrected chi connectivity index (χ4v) is 3.24. The highest BCUT2D eigenvalue weighted by Crippen LogP contribution is 2.34. The predicted molar refractivity (Wildman–Crippen MR) is 101 cm³/mol. The average Bonchev–Trinajstić information content (AvgIpc) is 3.41. The van der Waals surface area contributed by atoms with Crippen LogP contribution >= 0.6 is 0 Å². The number of carbonyl (C=O) groups excluding carboxylic acids is 1. The van der Waals surface area contributed by atoms with E-state index in [2.05, 4.69) is 20.7 Å². The average molecular weight is 376 g/mol. The fourth-order valence-electron chi connectivity index (χ4n) is 3.24. The topological polar surface area (TPSA) is 96.1 Å². The lowest BCUT2D eigenvalue weighted by atomic mass is 10.2. The molecule has 2 aromatic carbocycles. The number of amides is 1. The molecule has 1 aliphatic heterocycles. The van der Waals surface area contributed by atoms with E-state index in [0.717, 1.165) is 16.5 Å². The lowest BCUT2D eigenvalue weighted by molar-refractivity contribution is -0.117. The molecule has 140 valence electrons. The Balaban J connectivity index is 1.33. The number of hydrogen-bond donors (Lipinski definition) is 1. The number of carbonyl (C=O) groups is 1. The first kappa shape index (κ1) is 16.3. The Morgan fingerprint density at radius 3 is 2.96 bits per heavy atom. The van der Waals surface area contributed by atoms with Crippen molar-refractivity contribution in [3.63, 3.8) is 0 Å². The Labute approximate surface area is 159 Å². The second-order valence-corrected chi connectivity index (χ2v) is 6.43. The van der Waals surface area contributed by atoms with Crippen molar-refractivity contribution >= 4 is 22.5 Å². The third-order valence-corrected chi connectivity index (χ3v) is 4.53. The summed E-state index contributed by atoms with van der Waals surface area (Å²) in [5, 5.41) is 16.3. The van der Waals surface area contributed by atoms with E-state index in [1.807, 2.05) is 42.1 Å². The summed E-state index contributed by atoms with van der Waals surface area (Å²) in [5.41, 5.74) is 2.57. The van der Waals surface area contributed by atoms with Gasteiger partial charge in [-0.25, -0.2) is 0 Å². The van der Waals surface area contributed by atoms with Crippen LogP contribution in [0.2, 0.25) is 0 Å². The maximum absolute atomic E-state index is 12.3. The molecule has 5 rings (SSSR count). The van der Waals surface area contributed by atoms with E-state index in [1.54, 1.807) is 18.2 Å². The smallest absolute Gasteiger partial charge is 0.248 e. The quantitative estimate of drug-likeness (QED) is 0.587. The number of nitrogens with one attached hydrogen (secondary N) is 1. The van der Waals surface area contributed by atoms with Crippen molar-refractivity contribution in [2.24, 2.45) is 7.05 Å². The first-order valence-electron chi connectivity index (χ1n) is 8.69. The van der Waals surface area contributed by atoms with Gasteiger partial charge < -0.3 is 19.4 Å². The zero-order valence-corrected chi connectivity index (χ0v) is 15.0. The van der Waals surface area contributed by atoms with E-state index < -0.39 is 0 Å². The van der Waals surface area contributed by atoms with Crippen LogP contribution in [0, 0.1) is 0 Å². The molecule has 1 amide bonds. The van der Waals surface area contributed by atoms with Gasteiger partial charge in [-0.15, -0.1) is 10.2 Å². The molecule has 0 atom stereocenters. The van der Waals surface area contributed by atoms with E-state index >= 15 is 0 Å². The lowest BCUT2D eigenvalue weighted by Gasteiger charge is -2.05. The van der Waals surface area contributed by atoms with Crippen molar-refractivity contribution in [1.82, 2.24) is 24.8 Å². The molecular weight excluding hydrogens is 360 g/mol. The fraction of sp³-hybridized carbons (Fsp3) is 0.158. The van der Waals surface area contributed by atoms with Crippen molar-refractivity contribution in [2.75, 3.05) is 12.1 Å². The Kier molecular flexibility index (Phi) is 3.71. The molecule has 2 aromatic heterocycles. The molecule has 0 saturated carbocycles. The summed E-state index contributed by atoms with van der Waals surface area (Å²) in [5.74, 6) is 1.49. The Morgan fingerprint density at radius 2 is 2.04 bits per heavy atom. The van der Waals surface area contributed by atoms with Crippen molar-refractivity contribution in [3.05, 3.63) is 48.7 Å². The molecule has 0 unspecified atom stereocenters. The molecule has 9 nitrogen and oxygen atoms in total. The number of ether oxygens (including phenoxy) is 2. The number of benzene rings is 2. The van der Waals surface area contributed by atoms with Crippen LogP contribution in [0.3, 0.4) is 0 Å². The van der Waals surface area contributed by atoms with Crippen LogP contribution in [-0.4, -0.2) is 37.5 Å². The monoisotopic (exact) mass is 376 g/mol. The van der Waals surface area contributed by atoms with Crippen LogP contribution in [0.4, 0.5) is 5.69 Å². The first-order valence-corrected chi connectivity index (χ1v) is 8.69. The number of rotatable bonds is 4. The highest BCUT2D eigenvalue weighted by Gasteiger charge is 2.16. The minimum Gasteiger partial charge on any atom is -0.454 e. The largest absolute Gasteiger partial charge is 0.454 e. The van der Waals surface area contributed by atoms with Crippen molar-refractivity contribution < 1.29 is 14.3 Å². The van der Waals surface area contributed by atoms with Gasteiger partial charge in [-0.2, -0.15) is 4.80 Å². The van der Waals surface area contributed by atoms with Gasteiger partial charge in [-0.05, 0) is 23.4 Å². The second-order valence-electron chi connectivity index (χ2n) is 6.43. The van der Waals surface area contributed by atoms with Crippen molar-refractivity contribution in [3.8, 4) is 22.9 Å². The molecule has 28 heavy (non-hydrogen) atoms. The number of tetrazole rings is 1. The Bertz CT molecular complexity index is 1200. The number of aryl methyl sites for hydroxylation is 1. The number of fused-ring (bicyclic) bond motifs is 2. The maximum atomic E-state index is 12.3. The van der Waals surface area contributed by atoms with Crippen LogP contribution in [0.1, 0.15) is 0 Å². The minimum absolute atomic E-state index is 0.0494. The van der Waals surface area contributed by atoms with E-state index in [0.29, 0.717) is 23.0 Å². The van der Waals surface area contributed by atoms with Gasteiger partial charge in [0.05, 0.1) is 0 Å². The molecule has 9 heteroatoms. The normalized spacial score (nSPS) is 12.5. The number of para-hydroxylation sites is 1. The summed E-state index contributed by atoms with van der Waals surface area (Å²) in [6.45, 7) is 0.138. The second kappa shape index (κ2) is 6.38. The van der Waals surface area contributed by atoms with Gasteiger partial charge in [0.1, 0.15) is 6.54 Å². The summed E-state index contributed by atoms with van der Waals surface area (Å²) in [7, 11) is 1.97. The standard InChI is InChI=1S/C19H16N6O3/c1-24-9-14(13-4-2-3-5-15(13)24)19-21-23-25(22-19)10-18(26)20-12-6-7-16-17(8-12)28-11-27-16/h2-9H,10-11H2,1H3,(H,20,26). The maximum Gasteiger partial charge on any atom is 0.248 e. The molecule has 0 radical (unpaired) electrons. The molecule has 3 heterocycles. The van der Waals surface area contributed by atoms with E-state index in [1.165, 1.54) is 4.80 Å². The van der Waals surface area contributed by atoms with Crippen molar-refractivity contribution in [1.29, 1.82) is 0 Å². The summed E-state index contributed by atoms with van der Waals surface area (Å²) in [6, 6.07) is 13.2. The van der Waals surface area contributed by atoms with Gasteiger partial charge >= 0.3 is 0 Å². The van der Waals surface area contributed by atoms with Gasteiger partial charge in [0.2, 0.25) is 18.5 Å². The summed E-state index contributed by atoms with van der Waals surface area (Å²) < 4.78 is 12.6. The molecular formula is C19H16N6O3. The molecule has 4 aromatic rings. The summed E-state index contributed by atoms with van der Waals surface area (Å²) in [4.78, 5) is 13.6. The van der Waals surface area contributed by atoms with Crippen LogP contribution in [0.25, 0.3) is 22.3 Å². The van der Waals surface area contributed by atoms with Gasteiger partial charge in [-0.1, -0.05) is 18.2 Å². The highest BCUT2D eigenvalue weighted by atomic mass is 16.7. The third kappa shape index (κ3) is 2.82. The number of aromatic nitrogens is 5. The van der Waals surface area contributed by atoms with E-state index in [9.17, 15) is 4.79 Å². The Morgan fingerprint density at radius 1 is 1.18 bits per heavy atom. The molecule has 1 aliphatic rings. The zero-order valence-electron chi connectivity index (χ0n) is 15.0. The zero-order chi connectivity index (χ0) is 19.1. The van der Waals surface area contributed by atoms with Crippen LogP contribution < -0.4 is 14.8 Å². The first-order chi connectivity index (χ1) is 13.7. The van der Waals surface area contributed by atoms with Gasteiger partial charge in [-0.3, -0.25) is 4.79 Å². The number of hydrogen-bond acceptors (Lipinski definition) is 6. The molecule has 0 fully saturated rings. The number of nitrogens with zero attached hydrogens (tertiary/aromatic N) is 5. The molecule has 0 aliphatic carbocycles.